The molecule has 1 rings (SSSR count). The summed E-state index contributed by atoms with van der Waals surface area (Å²) in [6, 6.07) is -0.0840. The van der Waals surface area contributed by atoms with Gasteiger partial charge in [0.05, 0.1) is 0 Å². The molecule has 4 heteroatoms. The van der Waals surface area contributed by atoms with Gasteiger partial charge in [0.2, 0.25) is 0 Å². The van der Waals surface area contributed by atoms with Crippen LogP contribution in [0.15, 0.2) is 0 Å². The topological polar surface area (TPSA) is 67.2 Å². The zero-order chi connectivity index (χ0) is 8.97. The highest BCUT2D eigenvalue weighted by molar-refractivity contribution is 5.70. The molecule has 1 saturated carbocycles. The molecular formula is C8H17N3O. The molecule has 2 unspecified atom stereocenters. The minimum absolute atomic E-state index is 0.419. The largest absolute Gasteiger partial charge is 0.351 e. The summed E-state index contributed by atoms with van der Waals surface area (Å²) < 4.78 is 0. The predicted octanol–water partition coefficient (Wildman–Crippen LogP) is 0.738. The van der Waals surface area contributed by atoms with Gasteiger partial charge in [-0.2, -0.15) is 0 Å². The summed E-state index contributed by atoms with van der Waals surface area (Å²) in [5, 5.41) is 0. The molecule has 1 aliphatic rings. The maximum absolute atomic E-state index is 10.4. The number of nitrogens with one attached hydrogen (secondary N) is 2. The van der Waals surface area contributed by atoms with Crippen LogP contribution in [0.3, 0.4) is 0 Å². The van der Waals surface area contributed by atoms with Crippen molar-refractivity contribution in [1.29, 1.82) is 0 Å². The first-order valence-electron chi connectivity index (χ1n) is 4.55. The zero-order valence-electron chi connectivity index (χ0n) is 7.47. The Labute approximate surface area is 72.9 Å². The lowest BCUT2D eigenvalue weighted by Crippen LogP contribution is -2.48. The van der Waals surface area contributed by atoms with Crippen LogP contribution in [0.1, 0.15) is 32.6 Å². The summed E-state index contributed by atoms with van der Waals surface area (Å²) in [5.74, 6) is 0.692. The fourth-order valence-electron chi connectivity index (χ4n) is 1.88. The molecule has 0 spiro atoms. The lowest BCUT2D eigenvalue weighted by Gasteiger charge is -2.18. The van der Waals surface area contributed by atoms with Crippen molar-refractivity contribution in [3.05, 3.63) is 0 Å². The van der Waals surface area contributed by atoms with Crippen molar-refractivity contribution in [3.63, 3.8) is 0 Å². The third kappa shape index (κ3) is 2.37. The minimum atomic E-state index is -0.503. The van der Waals surface area contributed by atoms with E-state index in [1.54, 1.807) is 0 Å². The summed E-state index contributed by atoms with van der Waals surface area (Å²) in [6.07, 6.45) is 4.81. The molecule has 12 heavy (non-hydrogen) atoms. The molecule has 2 atom stereocenters. The second-order valence-corrected chi connectivity index (χ2v) is 3.34. The number of urea groups is 1. The SMILES string of the molecule is CCC1CCCC1NNC(N)=O. The molecule has 2 amide bonds. The van der Waals surface area contributed by atoms with Gasteiger partial charge in [-0.15, -0.1) is 0 Å². The molecule has 0 aromatic rings. The maximum Gasteiger partial charge on any atom is 0.326 e. The van der Waals surface area contributed by atoms with Gasteiger partial charge < -0.3 is 5.73 Å². The van der Waals surface area contributed by atoms with E-state index < -0.39 is 6.03 Å². The van der Waals surface area contributed by atoms with Crippen molar-refractivity contribution >= 4 is 6.03 Å². The summed E-state index contributed by atoms with van der Waals surface area (Å²) in [5.41, 5.74) is 10.3. The van der Waals surface area contributed by atoms with Gasteiger partial charge in [0.25, 0.3) is 0 Å². The molecule has 4 N–H and O–H groups in total. The molecule has 0 aliphatic heterocycles. The van der Waals surface area contributed by atoms with Gasteiger partial charge in [-0.3, -0.25) is 5.43 Å². The quantitative estimate of drug-likeness (QED) is 0.548. The Morgan fingerprint density at radius 2 is 2.33 bits per heavy atom. The normalized spacial score (nSPS) is 28.8. The fraction of sp³-hybridized carbons (Fsp3) is 0.875. The van der Waals surface area contributed by atoms with Crippen molar-refractivity contribution in [2.45, 2.75) is 38.6 Å². The third-order valence-corrected chi connectivity index (χ3v) is 2.56. The van der Waals surface area contributed by atoms with E-state index in [9.17, 15) is 4.79 Å². The Balaban J connectivity index is 2.26. The Kier molecular flexibility index (Phi) is 3.34. The second-order valence-electron chi connectivity index (χ2n) is 3.34. The molecule has 0 heterocycles. The highest BCUT2D eigenvalue weighted by Gasteiger charge is 2.25. The fourth-order valence-corrected chi connectivity index (χ4v) is 1.88. The van der Waals surface area contributed by atoms with Crippen LogP contribution in [0.25, 0.3) is 0 Å². The van der Waals surface area contributed by atoms with E-state index in [4.69, 9.17) is 5.73 Å². The van der Waals surface area contributed by atoms with Crippen LogP contribution in [0.5, 0.6) is 0 Å². The number of nitrogens with two attached hydrogens (primary N) is 1. The molecule has 0 bridgehead atoms. The second kappa shape index (κ2) is 4.30. The van der Waals surface area contributed by atoms with Crippen LogP contribution in [0.2, 0.25) is 0 Å². The van der Waals surface area contributed by atoms with Crippen LogP contribution in [0.4, 0.5) is 4.79 Å². The van der Waals surface area contributed by atoms with E-state index in [-0.39, 0.29) is 0 Å². The Bertz CT molecular complexity index is 160. The zero-order valence-corrected chi connectivity index (χ0v) is 7.47. The summed E-state index contributed by atoms with van der Waals surface area (Å²) in [6.45, 7) is 2.18. The van der Waals surface area contributed by atoms with Crippen LogP contribution < -0.4 is 16.6 Å². The first-order chi connectivity index (χ1) is 5.74. The van der Waals surface area contributed by atoms with Crippen molar-refractivity contribution in [2.75, 3.05) is 0 Å². The number of carbonyl (C=O) groups is 1. The molecule has 0 saturated heterocycles. The van der Waals surface area contributed by atoms with Crippen LogP contribution >= 0.6 is 0 Å². The van der Waals surface area contributed by atoms with E-state index in [1.807, 2.05) is 0 Å². The van der Waals surface area contributed by atoms with E-state index in [0.717, 1.165) is 12.8 Å². The molecule has 70 valence electrons. The van der Waals surface area contributed by atoms with Crippen LogP contribution in [-0.2, 0) is 0 Å². The van der Waals surface area contributed by atoms with Gasteiger partial charge in [-0.1, -0.05) is 19.8 Å². The molecule has 4 nitrogen and oxygen atoms in total. The highest BCUT2D eigenvalue weighted by Crippen LogP contribution is 2.27. The lowest BCUT2D eigenvalue weighted by molar-refractivity contribution is 0.238. The van der Waals surface area contributed by atoms with Gasteiger partial charge >= 0.3 is 6.03 Å². The number of carbonyl (C=O) groups excluding carboxylic acids is 1. The lowest BCUT2D eigenvalue weighted by atomic mass is 10.0. The molecule has 0 aromatic carbocycles. The summed E-state index contributed by atoms with van der Waals surface area (Å²) in [4.78, 5) is 10.4. The average Bonchev–Trinajstić information content (AvgIpc) is 2.47. The first kappa shape index (κ1) is 9.32. The molecule has 0 aromatic heterocycles. The molecular weight excluding hydrogens is 154 g/mol. The average molecular weight is 171 g/mol. The number of hydrogen-bond donors (Lipinski definition) is 3. The Morgan fingerprint density at radius 3 is 2.92 bits per heavy atom. The molecule has 1 aliphatic carbocycles. The van der Waals surface area contributed by atoms with Crippen molar-refractivity contribution in [1.82, 2.24) is 10.9 Å². The number of primary amides is 1. The first-order valence-corrected chi connectivity index (χ1v) is 4.55. The molecule has 0 radical (unpaired) electrons. The highest BCUT2D eigenvalue weighted by atomic mass is 16.2. The van der Waals surface area contributed by atoms with Crippen molar-refractivity contribution < 1.29 is 4.79 Å². The monoisotopic (exact) mass is 171 g/mol. The van der Waals surface area contributed by atoms with Crippen LogP contribution in [-0.4, -0.2) is 12.1 Å². The number of hydrazine groups is 1. The third-order valence-electron chi connectivity index (χ3n) is 2.56. The van der Waals surface area contributed by atoms with E-state index in [0.29, 0.717) is 12.0 Å². The molecule has 1 fully saturated rings. The maximum atomic E-state index is 10.4. The van der Waals surface area contributed by atoms with Gasteiger partial charge in [-0.05, 0) is 18.8 Å². The Morgan fingerprint density at radius 1 is 1.58 bits per heavy atom. The van der Waals surface area contributed by atoms with E-state index >= 15 is 0 Å². The van der Waals surface area contributed by atoms with Crippen LogP contribution in [0, 0.1) is 5.92 Å². The van der Waals surface area contributed by atoms with E-state index in [2.05, 4.69) is 17.8 Å². The number of rotatable bonds is 3. The Hall–Kier alpha value is -0.770. The number of amides is 2. The van der Waals surface area contributed by atoms with E-state index in [1.165, 1.54) is 12.8 Å². The standard InChI is InChI=1S/C8H17N3O/c1-2-6-4-3-5-7(6)10-11-8(9)12/h6-7,10H,2-5H2,1H3,(H3,9,11,12). The van der Waals surface area contributed by atoms with Crippen molar-refractivity contribution in [3.8, 4) is 0 Å². The van der Waals surface area contributed by atoms with Gasteiger partial charge in [0, 0.05) is 6.04 Å². The van der Waals surface area contributed by atoms with Gasteiger partial charge in [0.1, 0.15) is 0 Å². The van der Waals surface area contributed by atoms with Gasteiger partial charge in [0.15, 0.2) is 0 Å². The summed E-state index contributed by atoms with van der Waals surface area (Å²) in [7, 11) is 0. The smallest absolute Gasteiger partial charge is 0.326 e. The number of hydrogen-bond acceptors (Lipinski definition) is 2. The minimum Gasteiger partial charge on any atom is -0.351 e. The predicted molar refractivity (Wildman–Crippen MR) is 47.3 cm³/mol. The summed E-state index contributed by atoms with van der Waals surface area (Å²) >= 11 is 0. The van der Waals surface area contributed by atoms with Gasteiger partial charge in [-0.25, -0.2) is 10.2 Å². The van der Waals surface area contributed by atoms with Crippen molar-refractivity contribution in [2.24, 2.45) is 11.7 Å².